The number of anilines is 1. The van der Waals surface area contributed by atoms with Crippen LogP contribution in [0.1, 0.15) is 25.7 Å². The number of carboxylic acid groups (broad SMARTS) is 1. The zero-order valence-corrected chi connectivity index (χ0v) is 12.4. The molecule has 0 unspecified atom stereocenters. The van der Waals surface area contributed by atoms with Gasteiger partial charge in [-0.1, -0.05) is 6.07 Å². The monoisotopic (exact) mass is 293 g/mol. The lowest BCUT2D eigenvalue weighted by Gasteiger charge is -2.06. The molecule has 0 aliphatic carbocycles. The van der Waals surface area contributed by atoms with Crippen molar-refractivity contribution in [2.75, 3.05) is 5.73 Å². The van der Waals surface area contributed by atoms with Gasteiger partial charge >= 0.3 is 5.97 Å². The first kappa shape index (κ1) is 14.0. The maximum atomic E-state index is 10.9. The standard InChI is InChI=1S/C14H15NO2S2/c1-8-3-4-12(11(15)5-8)18-7-10-6-13(14(16)17)19-9(10)2/h3-6H,7,15H2,1-2H3,(H,16,17). The molecule has 2 aromatic rings. The lowest BCUT2D eigenvalue weighted by atomic mass is 10.2. The summed E-state index contributed by atoms with van der Waals surface area (Å²) in [5.74, 6) is -0.123. The number of rotatable bonds is 4. The van der Waals surface area contributed by atoms with E-state index in [-0.39, 0.29) is 0 Å². The summed E-state index contributed by atoms with van der Waals surface area (Å²) >= 11 is 2.96. The molecule has 2 rings (SSSR count). The van der Waals surface area contributed by atoms with E-state index in [2.05, 4.69) is 0 Å². The van der Waals surface area contributed by atoms with Crippen LogP contribution in [0.15, 0.2) is 29.2 Å². The third-order valence-electron chi connectivity index (χ3n) is 2.78. The van der Waals surface area contributed by atoms with E-state index < -0.39 is 5.97 Å². The Kier molecular flexibility index (Phi) is 4.17. The summed E-state index contributed by atoms with van der Waals surface area (Å²) in [7, 11) is 0. The number of carbonyl (C=O) groups is 1. The van der Waals surface area contributed by atoms with Crippen molar-refractivity contribution in [1.29, 1.82) is 0 Å². The van der Waals surface area contributed by atoms with Crippen LogP contribution >= 0.6 is 23.1 Å². The van der Waals surface area contributed by atoms with Crippen molar-refractivity contribution >= 4 is 34.8 Å². The molecule has 0 aliphatic rings. The summed E-state index contributed by atoms with van der Waals surface area (Å²) in [6, 6.07) is 7.74. The van der Waals surface area contributed by atoms with Crippen LogP contribution in [0.4, 0.5) is 5.69 Å². The van der Waals surface area contributed by atoms with E-state index >= 15 is 0 Å². The van der Waals surface area contributed by atoms with Crippen LogP contribution in [-0.4, -0.2) is 11.1 Å². The highest BCUT2D eigenvalue weighted by molar-refractivity contribution is 7.98. The molecular weight excluding hydrogens is 278 g/mol. The van der Waals surface area contributed by atoms with Crippen molar-refractivity contribution in [1.82, 2.24) is 0 Å². The van der Waals surface area contributed by atoms with Crippen LogP contribution in [0.3, 0.4) is 0 Å². The number of hydrogen-bond donors (Lipinski definition) is 2. The molecule has 3 nitrogen and oxygen atoms in total. The Bertz CT molecular complexity index is 620. The van der Waals surface area contributed by atoms with Gasteiger partial charge in [0.1, 0.15) is 4.88 Å². The van der Waals surface area contributed by atoms with Crippen molar-refractivity contribution < 1.29 is 9.90 Å². The molecule has 1 aromatic carbocycles. The molecule has 0 fully saturated rings. The molecule has 100 valence electrons. The summed E-state index contributed by atoms with van der Waals surface area (Å²) < 4.78 is 0. The van der Waals surface area contributed by atoms with Crippen LogP contribution in [-0.2, 0) is 5.75 Å². The number of hydrogen-bond acceptors (Lipinski definition) is 4. The van der Waals surface area contributed by atoms with Gasteiger partial charge in [0.2, 0.25) is 0 Å². The second-order valence-electron chi connectivity index (χ2n) is 4.33. The number of nitrogens with two attached hydrogens (primary N) is 1. The van der Waals surface area contributed by atoms with Crippen molar-refractivity contribution in [3.05, 3.63) is 45.1 Å². The number of carboxylic acids is 1. The number of aryl methyl sites for hydroxylation is 2. The van der Waals surface area contributed by atoms with Crippen LogP contribution in [0.5, 0.6) is 0 Å². The van der Waals surface area contributed by atoms with Crippen molar-refractivity contribution in [3.8, 4) is 0 Å². The van der Waals surface area contributed by atoms with E-state index in [0.717, 1.165) is 32.3 Å². The van der Waals surface area contributed by atoms with Gasteiger partial charge in [0.15, 0.2) is 0 Å². The highest BCUT2D eigenvalue weighted by Gasteiger charge is 2.11. The summed E-state index contributed by atoms with van der Waals surface area (Å²) in [5.41, 5.74) is 8.94. The van der Waals surface area contributed by atoms with Crippen LogP contribution in [0.2, 0.25) is 0 Å². The zero-order chi connectivity index (χ0) is 14.0. The number of benzene rings is 1. The Morgan fingerprint density at radius 2 is 2.11 bits per heavy atom. The molecule has 0 radical (unpaired) electrons. The highest BCUT2D eigenvalue weighted by atomic mass is 32.2. The zero-order valence-electron chi connectivity index (χ0n) is 10.8. The topological polar surface area (TPSA) is 63.3 Å². The first-order valence-corrected chi connectivity index (χ1v) is 7.59. The number of thiophene rings is 1. The second-order valence-corrected chi connectivity index (χ2v) is 6.60. The smallest absolute Gasteiger partial charge is 0.345 e. The molecule has 3 N–H and O–H groups in total. The predicted molar refractivity (Wildman–Crippen MR) is 81.2 cm³/mol. The normalized spacial score (nSPS) is 10.6. The maximum absolute atomic E-state index is 10.9. The Labute approximate surface area is 120 Å². The first-order valence-electron chi connectivity index (χ1n) is 5.79. The molecule has 1 aromatic heterocycles. The van der Waals surface area contributed by atoms with Crippen LogP contribution in [0.25, 0.3) is 0 Å². The number of nitrogen functional groups attached to an aromatic ring is 1. The second kappa shape index (κ2) is 5.67. The molecule has 5 heteroatoms. The lowest BCUT2D eigenvalue weighted by molar-refractivity contribution is 0.0702. The third kappa shape index (κ3) is 3.30. The summed E-state index contributed by atoms with van der Waals surface area (Å²) in [6.07, 6.45) is 0. The molecule has 0 bridgehead atoms. The van der Waals surface area contributed by atoms with Gasteiger partial charge in [-0.05, 0) is 43.2 Å². The molecule has 19 heavy (non-hydrogen) atoms. The SMILES string of the molecule is Cc1ccc(SCc2cc(C(=O)O)sc2C)c(N)c1. The van der Waals surface area contributed by atoms with Crippen LogP contribution < -0.4 is 5.73 Å². The predicted octanol–water partition coefficient (Wildman–Crippen LogP) is 3.94. The van der Waals surface area contributed by atoms with Gasteiger partial charge in [-0.3, -0.25) is 0 Å². The minimum Gasteiger partial charge on any atom is -0.477 e. The van der Waals surface area contributed by atoms with Gasteiger partial charge in [0.05, 0.1) is 0 Å². The van der Waals surface area contributed by atoms with Crippen LogP contribution in [0, 0.1) is 13.8 Å². The fraction of sp³-hybridized carbons (Fsp3) is 0.214. The van der Waals surface area contributed by atoms with Gasteiger partial charge in [-0.25, -0.2) is 4.79 Å². The van der Waals surface area contributed by atoms with E-state index in [1.54, 1.807) is 17.8 Å². The average molecular weight is 293 g/mol. The van der Waals surface area contributed by atoms with E-state index in [4.69, 9.17) is 10.8 Å². The number of aromatic carboxylic acids is 1. The van der Waals surface area contributed by atoms with Crippen molar-refractivity contribution in [3.63, 3.8) is 0 Å². The molecule has 0 atom stereocenters. The van der Waals surface area contributed by atoms with E-state index in [0.29, 0.717) is 4.88 Å². The van der Waals surface area contributed by atoms with Gasteiger partial charge in [-0.15, -0.1) is 23.1 Å². The lowest BCUT2D eigenvalue weighted by Crippen LogP contribution is -1.91. The average Bonchev–Trinajstić information content (AvgIpc) is 2.70. The Balaban J connectivity index is 2.12. The third-order valence-corrected chi connectivity index (χ3v) is 5.00. The van der Waals surface area contributed by atoms with E-state index in [1.165, 1.54) is 11.3 Å². The van der Waals surface area contributed by atoms with Gasteiger partial charge in [-0.2, -0.15) is 0 Å². The Morgan fingerprint density at radius 3 is 2.68 bits per heavy atom. The summed E-state index contributed by atoms with van der Waals surface area (Å²) in [4.78, 5) is 13.4. The molecule has 1 heterocycles. The van der Waals surface area contributed by atoms with Crippen molar-refractivity contribution in [2.24, 2.45) is 0 Å². The van der Waals surface area contributed by atoms with Gasteiger partial charge in [0, 0.05) is 21.2 Å². The number of thioether (sulfide) groups is 1. The molecular formula is C14H15NO2S2. The first-order chi connectivity index (χ1) is 8.97. The fourth-order valence-electron chi connectivity index (χ4n) is 1.72. The van der Waals surface area contributed by atoms with Gasteiger partial charge < -0.3 is 10.8 Å². The quantitative estimate of drug-likeness (QED) is 0.662. The Hall–Kier alpha value is -1.46. The Morgan fingerprint density at radius 1 is 1.37 bits per heavy atom. The highest BCUT2D eigenvalue weighted by Crippen LogP contribution is 2.32. The maximum Gasteiger partial charge on any atom is 0.345 e. The van der Waals surface area contributed by atoms with Crippen molar-refractivity contribution in [2.45, 2.75) is 24.5 Å². The van der Waals surface area contributed by atoms with E-state index in [1.807, 2.05) is 32.0 Å². The molecule has 0 amide bonds. The molecule has 0 saturated heterocycles. The minimum atomic E-state index is -0.862. The molecule has 0 saturated carbocycles. The fourth-order valence-corrected chi connectivity index (χ4v) is 3.70. The minimum absolute atomic E-state index is 0.393. The summed E-state index contributed by atoms with van der Waals surface area (Å²) in [5, 5.41) is 8.97. The molecule has 0 spiro atoms. The molecule has 0 aliphatic heterocycles. The van der Waals surface area contributed by atoms with Gasteiger partial charge in [0.25, 0.3) is 0 Å². The van der Waals surface area contributed by atoms with E-state index in [9.17, 15) is 4.79 Å². The summed E-state index contributed by atoms with van der Waals surface area (Å²) in [6.45, 7) is 3.96. The largest absolute Gasteiger partial charge is 0.477 e.